The summed E-state index contributed by atoms with van der Waals surface area (Å²) in [5.41, 5.74) is 0. The number of aliphatic hydroxyl groups excluding tert-OH is 1. The van der Waals surface area contributed by atoms with Gasteiger partial charge in [0.1, 0.15) is 13.2 Å². The van der Waals surface area contributed by atoms with Crippen LogP contribution in [0.3, 0.4) is 0 Å². The van der Waals surface area contributed by atoms with Gasteiger partial charge >= 0.3 is 7.82 Å². The first-order valence-corrected chi connectivity index (χ1v) is 31.5. The van der Waals surface area contributed by atoms with Crippen LogP contribution < -0.4 is 5.32 Å². The van der Waals surface area contributed by atoms with Gasteiger partial charge in [-0.25, -0.2) is 4.57 Å². The highest BCUT2D eigenvalue weighted by atomic mass is 31.2. The van der Waals surface area contributed by atoms with Crippen molar-refractivity contribution in [2.24, 2.45) is 0 Å². The van der Waals surface area contributed by atoms with E-state index in [4.69, 9.17) is 9.05 Å². The minimum absolute atomic E-state index is 0.0416. The zero-order chi connectivity index (χ0) is 56.3. The van der Waals surface area contributed by atoms with Crippen molar-refractivity contribution in [2.75, 3.05) is 40.9 Å². The molecular formula is C68H112N2O6P+. The Morgan fingerprint density at radius 2 is 0.792 bits per heavy atom. The van der Waals surface area contributed by atoms with Crippen molar-refractivity contribution in [3.8, 4) is 0 Å². The first-order valence-electron chi connectivity index (χ1n) is 30.0. The molecule has 3 N–H and O–H groups in total. The molecule has 8 nitrogen and oxygen atoms in total. The number of carbonyl (C=O) groups excluding carboxylic acids is 1. The third-order valence-electron chi connectivity index (χ3n) is 12.2. The third kappa shape index (κ3) is 59.4. The second-order valence-corrected chi connectivity index (χ2v) is 22.1. The number of likely N-dealkylation sites (N-methyl/N-ethyl adjacent to an activating group) is 1. The van der Waals surface area contributed by atoms with Crippen LogP contribution in [-0.2, 0) is 18.4 Å². The van der Waals surface area contributed by atoms with Gasteiger partial charge in [-0.15, -0.1) is 0 Å². The maximum Gasteiger partial charge on any atom is 0.472 e. The molecule has 0 bridgehead atoms. The lowest BCUT2D eigenvalue weighted by atomic mass is 10.1. The Balaban J connectivity index is 4.23. The van der Waals surface area contributed by atoms with E-state index in [-0.39, 0.29) is 19.1 Å². The summed E-state index contributed by atoms with van der Waals surface area (Å²) in [7, 11) is 1.51. The van der Waals surface area contributed by atoms with Gasteiger partial charge in [-0.1, -0.05) is 242 Å². The Labute approximate surface area is 473 Å². The predicted molar refractivity (Wildman–Crippen MR) is 336 cm³/mol. The number of amides is 1. The monoisotopic (exact) mass is 1080 g/mol. The van der Waals surface area contributed by atoms with Gasteiger partial charge in [0.2, 0.25) is 5.91 Å². The van der Waals surface area contributed by atoms with Crippen molar-refractivity contribution >= 4 is 13.7 Å². The van der Waals surface area contributed by atoms with E-state index in [0.717, 1.165) is 128 Å². The molecule has 0 spiro atoms. The largest absolute Gasteiger partial charge is 0.472 e. The maximum absolute atomic E-state index is 13.0. The van der Waals surface area contributed by atoms with Crippen LogP contribution in [0.2, 0.25) is 0 Å². The van der Waals surface area contributed by atoms with Crippen molar-refractivity contribution in [3.05, 3.63) is 170 Å². The molecule has 0 aromatic carbocycles. The number of allylic oxidation sites excluding steroid dienone is 27. The van der Waals surface area contributed by atoms with E-state index in [1.165, 1.54) is 51.4 Å². The van der Waals surface area contributed by atoms with Gasteiger partial charge in [0, 0.05) is 6.42 Å². The molecule has 0 aromatic rings. The molecule has 3 unspecified atom stereocenters. The Hall–Kier alpha value is -4.14. The van der Waals surface area contributed by atoms with Crippen LogP contribution in [0.5, 0.6) is 0 Å². The number of unbranched alkanes of at least 4 members (excludes halogenated alkanes) is 13. The highest BCUT2D eigenvalue weighted by Gasteiger charge is 2.27. The number of nitrogens with zero attached hydrogens (tertiary/aromatic N) is 1. The van der Waals surface area contributed by atoms with E-state index in [9.17, 15) is 19.4 Å². The lowest BCUT2D eigenvalue weighted by molar-refractivity contribution is -0.870. The normalized spacial score (nSPS) is 15.1. The van der Waals surface area contributed by atoms with Crippen LogP contribution >= 0.6 is 7.82 Å². The van der Waals surface area contributed by atoms with Gasteiger partial charge in [-0.3, -0.25) is 13.8 Å². The summed E-state index contributed by atoms with van der Waals surface area (Å²) in [5.74, 6) is -0.220. The number of aliphatic hydroxyl groups is 1. The molecule has 0 fully saturated rings. The van der Waals surface area contributed by atoms with Crippen LogP contribution in [0, 0.1) is 0 Å². The molecule has 0 saturated carbocycles. The number of phosphoric acid groups is 1. The number of phosphoric ester groups is 1. The van der Waals surface area contributed by atoms with Gasteiger partial charge in [0.05, 0.1) is 39.9 Å². The Morgan fingerprint density at radius 3 is 1.19 bits per heavy atom. The summed E-state index contributed by atoms with van der Waals surface area (Å²) >= 11 is 0. The predicted octanol–water partition coefficient (Wildman–Crippen LogP) is 18.8. The van der Waals surface area contributed by atoms with E-state index in [2.05, 4.69) is 177 Å². The highest BCUT2D eigenvalue weighted by molar-refractivity contribution is 7.47. The summed E-state index contributed by atoms with van der Waals surface area (Å²) in [5, 5.41) is 13.8. The minimum Gasteiger partial charge on any atom is -0.387 e. The van der Waals surface area contributed by atoms with Gasteiger partial charge < -0.3 is 19.8 Å². The first kappa shape index (κ1) is 72.9. The molecule has 0 aliphatic heterocycles. The Bertz CT molecular complexity index is 1850. The van der Waals surface area contributed by atoms with E-state index in [0.29, 0.717) is 17.4 Å². The number of nitrogens with one attached hydrogen (secondary N) is 1. The Morgan fingerprint density at radius 1 is 0.455 bits per heavy atom. The minimum atomic E-state index is -4.37. The van der Waals surface area contributed by atoms with Crippen LogP contribution in [-0.4, -0.2) is 73.4 Å². The molecule has 0 aliphatic carbocycles. The molecular weight excluding hydrogens is 972 g/mol. The molecule has 0 heterocycles. The zero-order valence-corrected chi connectivity index (χ0v) is 50.3. The van der Waals surface area contributed by atoms with Gasteiger partial charge in [0.25, 0.3) is 0 Å². The number of hydrogen-bond acceptors (Lipinski definition) is 5. The zero-order valence-electron chi connectivity index (χ0n) is 49.4. The number of hydrogen-bond donors (Lipinski definition) is 3. The fourth-order valence-corrected chi connectivity index (χ4v) is 8.24. The summed E-state index contributed by atoms with van der Waals surface area (Å²) in [6, 6.07) is -0.889. The highest BCUT2D eigenvalue weighted by Crippen LogP contribution is 2.43. The van der Waals surface area contributed by atoms with Crippen LogP contribution in [0.15, 0.2) is 170 Å². The van der Waals surface area contributed by atoms with E-state index in [1.807, 2.05) is 27.2 Å². The number of quaternary nitrogens is 1. The van der Waals surface area contributed by atoms with Crippen LogP contribution in [0.25, 0.3) is 0 Å². The summed E-state index contributed by atoms with van der Waals surface area (Å²) in [4.78, 5) is 23.2. The average Bonchev–Trinajstić information content (AvgIpc) is 3.39. The average molecular weight is 1080 g/mol. The molecule has 9 heteroatoms. The van der Waals surface area contributed by atoms with Crippen molar-refractivity contribution < 1.29 is 32.9 Å². The maximum atomic E-state index is 13.0. The second-order valence-electron chi connectivity index (χ2n) is 20.6. The topological polar surface area (TPSA) is 105 Å². The number of carbonyl (C=O) groups is 1. The molecule has 434 valence electrons. The summed E-state index contributed by atoms with van der Waals surface area (Å²) in [6.07, 6.45) is 90.4. The van der Waals surface area contributed by atoms with Crippen LogP contribution in [0.1, 0.15) is 200 Å². The molecule has 3 atom stereocenters. The van der Waals surface area contributed by atoms with E-state index >= 15 is 0 Å². The summed E-state index contributed by atoms with van der Waals surface area (Å²) < 4.78 is 23.6. The lowest BCUT2D eigenvalue weighted by Crippen LogP contribution is -2.45. The van der Waals surface area contributed by atoms with Crippen molar-refractivity contribution in [3.63, 3.8) is 0 Å². The second kappa shape index (κ2) is 56.6. The standard InChI is InChI=1S/C68H111N2O6P/c1-6-8-10-12-14-16-18-20-22-23-24-25-26-27-28-29-30-31-32-33-34-35-36-37-38-39-40-41-42-43-44-45-46-47-48-50-52-54-56-58-60-62-68(72)69-66(65-76-77(73,74)75-64-63-70(3,4)5)67(71)61-59-57-55-53-51-49-21-19-17-15-13-11-9-7-2/h8,10,14,16,20,22,24-25,27-28,30-31,33-34,36-37,39-40,42-43,45-46,48,50-51,53,59,61,66-67,71H,6-7,9,11-13,15,17-19,21,23,26,29,32,35,38,41,44,47,49,52,54-58,60,62-65H2,1-5H3,(H-,69,72,73,74)/p+1/b10-8-,16-14-,22-20-,25-24-,28-27-,31-30-,34-33-,37-36-,40-39-,43-42-,46-45-,50-48-,53-51+,61-59+. The van der Waals surface area contributed by atoms with E-state index < -0.39 is 20.0 Å². The summed E-state index contributed by atoms with van der Waals surface area (Å²) in [6.45, 7) is 4.62. The van der Waals surface area contributed by atoms with Crippen LogP contribution in [0.4, 0.5) is 0 Å². The van der Waals surface area contributed by atoms with Crippen molar-refractivity contribution in [1.82, 2.24) is 5.32 Å². The van der Waals surface area contributed by atoms with Gasteiger partial charge in [0.15, 0.2) is 0 Å². The first-order chi connectivity index (χ1) is 37.5. The molecule has 1 amide bonds. The lowest BCUT2D eigenvalue weighted by Gasteiger charge is -2.25. The van der Waals surface area contributed by atoms with Crippen molar-refractivity contribution in [2.45, 2.75) is 212 Å². The fraction of sp³-hybridized carbons (Fsp3) is 0.574. The molecule has 0 saturated heterocycles. The third-order valence-corrected chi connectivity index (χ3v) is 13.2. The SMILES string of the molecule is CC/C=C\C/C=C\C/C=C\C/C=C\C/C=C\C/C=C\C/C=C\C/C=C\C/C=C\C/C=C\C/C=C\C/C=C\CCCCCCC(=O)NC(COP(=O)(O)OCC[N+](C)(C)C)C(O)/C=C/CC/C=C/CCCCCCCCCC. The van der Waals surface area contributed by atoms with Gasteiger partial charge in [-0.05, 0) is 122 Å². The smallest absolute Gasteiger partial charge is 0.387 e. The molecule has 0 radical (unpaired) electrons. The Kier molecular flexibility index (Phi) is 53.5. The molecule has 0 aliphatic rings. The quantitative estimate of drug-likeness (QED) is 0.0243. The fourth-order valence-electron chi connectivity index (χ4n) is 7.51. The van der Waals surface area contributed by atoms with Gasteiger partial charge in [-0.2, -0.15) is 0 Å². The number of rotatable bonds is 52. The molecule has 0 aromatic heterocycles. The molecule has 77 heavy (non-hydrogen) atoms. The van der Waals surface area contributed by atoms with Crippen molar-refractivity contribution in [1.29, 1.82) is 0 Å². The van der Waals surface area contributed by atoms with E-state index in [1.54, 1.807) is 6.08 Å². The molecule has 0 rings (SSSR count).